The molecule has 1 saturated carbocycles. The summed E-state index contributed by atoms with van der Waals surface area (Å²) < 4.78 is 32.9. The third kappa shape index (κ3) is 3.75. The Labute approximate surface area is 134 Å². The third-order valence-electron chi connectivity index (χ3n) is 4.01. The van der Waals surface area contributed by atoms with Crippen LogP contribution < -0.4 is 5.32 Å². The van der Waals surface area contributed by atoms with Crippen molar-refractivity contribution in [3.05, 3.63) is 47.2 Å². The number of halogens is 2. The smallest absolute Gasteiger partial charge is 0.230 e. The maximum atomic E-state index is 14.1. The summed E-state index contributed by atoms with van der Waals surface area (Å²) in [6.07, 6.45) is 2.20. The van der Waals surface area contributed by atoms with Gasteiger partial charge in [0.15, 0.2) is 0 Å². The van der Waals surface area contributed by atoms with E-state index in [1.165, 1.54) is 12.1 Å². The van der Waals surface area contributed by atoms with Gasteiger partial charge in [0, 0.05) is 23.6 Å². The monoisotopic (exact) mass is 321 g/mol. The van der Waals surface area contributed by atoms with E-state index in [2.05, 4.69) is 15.5 Å². The number of benzene rings is 1. The van der Waals surface area contributed by atoms with Crippen LogP contribution in [0.5, 0.6) is 0 Å². The van der Waals surface area contributed by atoms with Crippen molar-refractivity contribution in [2.24, 2.45) is 5.41 Å². The van der Waals surface area contributed by atoms with Gasteiger partial charge >= 0.3 is 0 Å². The molecule has 1 aliphatic carbocycles. The Balaban J connectivity index is 1.76. The molecule has 124 valence electrons. The summed E-state index contributed by atoms with van der Waals surface area (Å²) in [7, 11) is 0. The molecule has 1 N–H and O–H groups in total. The molecule has 23 heavy (non-hydrogen) atoms. The third-order valence-corrected chi connectivity index (χ3v) is 4.01. The number of nitrogens with zero attached hydrogens (tertiary/aromatic N) is 2. The Kier molecular flexibility index (Phi) is 4.19. The highest BCUT2D eigenvalue weighted by Gasteiger charge is 2.31. The van der Waals surface area contributed by atoms with Gasteiger partial charge in [0.05, 0.1) is 6.54 Å². The van der Waals surface area contributed by atoms with Gasteiger partial charge in [-0.2, -0.15) is 0 Å². The first-order valence-corrected chi connectivity index (χ1v) is 7.85. The fourth-order valence-electron chi connectivity index (χ4n) is 2.64. The van der Waals surface area contributed by atoms with Crippen molar-refractivity contribution in [2.75, 3.05) is 0 Å². The molecule has 0 unspecified atom stereocenters. The van der Waals surface area contributed by atoms with E-state index < -0.39 is 11.6 Å². The van der Waals surface area contributed by atoms with Crippen LogP contribution in [0.2, 0.25) is 0 Å². The van der Waals surface area contributed by atoms with E-state index in [4.69, 9.17) is 4.42 Å². The van der Waals surface area contributed by atoms with Gasteiger partial charge in [-0.25, -0.2) is 8.78 Å². The second-order valence-electron chi connectivity index (χ2n) is 7.15. The second kappa shape index (κ2) is 6.00. The fourth-order valence-corrected chi connectivity index (χ4v) is 2.64. The molecule has 1 aromatic heterocycles. The number of hydrogen-bond acceptors (Lipinski definition) is 4. The van der Waals surface area contributed by atoms with Crippen molar-refractivity contribution in [2.45, 2.75) is 52.1 Å². The summed E-state index contributed by atoms with van der Waals surface area (Å²) in [5.74, 6) is 0.446. The summed E-state index contributed by atoms with van der Waals surface area (Å²) in [5, 5.41) is 11.3. The fraction of sp³-hybridized carbons (Fsp3) is 0.529. The first-order chi connectivity index (χ1) is 10.8. The van der Waals surface area contributed by atoms with Crippen molar-refractivity contribution in [3.63, 3.8) is 0 Å². The highest BCUT2D eigenvalue weighted by Crippen LogP contribution is 2.39. The molecule has 3 rings (SSSR count). The Morgan fingerprint density at radius 1 is 1.26 bits per heavy atom. The van der Waals surface area contributed by atoms with Crippen LogP contribution in [0.25, 0.3) is 0 Å². The first-order valence-electron chi connectivity index (χ1n) is 7.85. The van der Waals surface area contributed by atoms with Gasteiger partial charge in [-0.05, 0) is 24.3 Å². The molecular weight excluding hydrogens is 300 g/mol. The van der Waals surface area contributed by atoms with E-state index in [-0.39, 0.29) is 11.5 Å². The topological polar surface area (TPSA) is 51.0 Å². The second-order valence-corrected chi connectivity index (χ2v) is 7.15. The minimum atomic E-state index is -0.579. The summed E-state index contributed by atoms with van der Waals surface area (Å²) in [5.41, 5.74) is 0.165. The van der Waals surface area contributed by atoms with Gasteiger partial charge in [0.25, 0.3) is 0 Å². The molecule has 0 bridgehead atoms. The Bertz CT molecular complexity index is 689. The Hall–Kier alpha value is -1.82. The minimum absolute atomic E-state index is 0.266. The summed E-state index contributed by atoms with van der Waals surface area (Å²) >= 11 is 0. The molecule has 0 spiro atoms. The van der Waals surface area contributed by atoms with Gasteiger partial charge in [-0.15, -0.1) is 10.2 Å². The molecule has 0 aliphatic heterocycles. The van der Waals surface area contributed by atoms with Crippen LogP contribution in [-0.4, -0.2) is 10.2 Å². The predicted octanol–water partition coefficient (Wildman–Crippen LogP) is 4.10. The average Bonchev–Trinajstić information content (AvgIpc) is 3.19. The van der Waals surface area contributed by atoms with E-state index in [1.54, 1.807) is 0 Å². The average molecular weight is 321 g/mol. The van der Waals surface area contributed by atoms with Crippen LogP contribution in [0.4, 0.5) is 8.78 Å². The first kappa shape index (κ1) is 16.1. The molecule has 2 aromatic rings. The summed E-state index contributed by atoms with van der Waals surface area (Å²) in [4.78, 5) is 0. The highest BCUT2D eigenvalue weighted by atomic mass is 19.1. The van der Waals surface area contributed by atoms with E-state index in [0.29, 0.717) is 29.8 Å². The van der Waals surface area contributed by atoms with Gasteiger partial charge in [0.1, 0.15) is 11.6 Å². The predicted molar refractivity (Wildman–Crippen MR) is 81.7 cm³/mol. The molecule has 6 heteroatoms. The molecule has 0 saturated heterocycles. The number of rotatable bonds is 5. The van der Waals surface area contributed by atoms with Crippen molar-refractivity contribution in [1.29, 1.82) is 0 Å². The SMILES string of the molecule is CC(C)(C)[C@@H](NCc1nnc(C2CC2)o1)c1ccc(F)cc1F. The molecule has 4 nitrogen and oxygen atoms in total. The van der Waals surface area contributed by atoms with Crippen molar-refractivity contribution < 1.29 is 13.2 Å². The lowest BCUT2D eigenvalue weighted by Gasteiger charge is -2.32. The summed E-state index contributed by atoms with van der Waals surface area (Å²) in [6.45, 7) is 6.34. The van der Waals surface area contributed by atoms with Gasteiger partial charge in [-0.3, -0.25) is 0 Å². The van der Waals surface area contributed by atoms with E-state index >= 15 is 0 Å². The van der Waals surface area contributed by atoms with Gasteiger partial charge < -0.3 is 9.73 Å². The molecule has 0 amide bonds. The summed E-state index contributed by atoms with van der Waals surface area (Å²) in [6, 6.07) is 3.36. The van der Waals surface area contributed by atoms with Crippen LogP contribution in [0.3, 0.4) is 0 Å². The van der Waals surface area contributed by atoms with Crippen molar-refractivity contribution in [1.82, 2.24) is 15.5 Å². The molecule has 1 atom stereocenters. The number of hydrogen-bond donors (Lipinski definition) is 1. The maximum absolute atomic E-state index is 14.1. The minimum Gasteiger partial charge on any atom is -0.424 e. The van der Waals surface area contributed by atoms with Crippen molar-refractivity contribution >= 4 is 0 Å². The molecule has 0 radical (unpaired) electrons. The van der Waals surface area contributed by atoms with Crippen LogP contribution in [0, 0.1) is 17.0 Å². The molecule has 1 fully saturated rings. The standard InChI is InChI=1S/C17H21F2N3O/c1-17(2,3)15(12-7-6-11(18)8-13(12)19)20-9-14-21-22-16(23-14)10-4-5-10/h6-8,10,15,20H,4-5,9H2,1-3H3/t15-/m0/s1. The van der Waals surface area contributed by atoms with E-state index in [0.717, 1.165) is 18.9 Å². The number of aromatic nitrogens is 2. The highest BCUT2D eigenvalue weighted by molar-refractivity contribution is 5.24. The lowest BCUT2D eigenvalue weighted by molar-refractivity contribution is 0.255. The maximum Gasteiger partial charge on any atom is 0.230 e. The zero-order valence-corrected chi connectivity index (χ0v) is 13.6. The molecule has 1 aromatic carbocycles. The van der Waals surface area contributed by atoms with Crippen LogP contribution in [-0.2, 0) is 6.54 Å². The van der Waals surface area contributed by atoms with E-state index in [9.17, 15) is 8.78 Å². The molecule has 1 aliphatic rings. The normalized spacial score (nSPS) is 16.6. The van der Waals surface area contributed by atoms with Crippen LogP contribution in [0.1, 0.15) is 62.9 Å². The Morgan fingerprint density at radius 3 is 2.61 bits per heavy atom. The van der Waals surface area contributed by atoms with Crippen molar-refractivity contribution in [3.8, 4) is 0 Å². The van der Waals surface area contributed by atoms with E-state index in [1.807, 2.05) is 20.8 Å². The Morgan fingerprint density at radius 2 is 2.00 bits per heavy atom. The zero-order chi connectivity index (χ0) is 16.6. The molecular formula is C17H21F2N3O. The lowest BCUT2D eigenvalue weighted by Crippen LogP contribution is -2.32. The van der Waals surface area contributed by atoms with Crippen LogP contribution >= 0.6 is 0 Å². The van der Waals surface area contributed by atoms with Crippen LogP contribution in [0.15, 0.2) is 22.6 Å². The molecule has 1 heterocycles. The lowest BCUT2D eigenvalue weighted by atomic mass is 9.82. The largest absolute Gasteiger partial charge is 0.424 e. The van der Waals surface area contributed by atoms with Gasteiger partial charge in [0.2, 0.25) is 11.8 Å². The van der Waals surface area contributed by atoms with Gasteiger partial charge in [-0.1, -0.05) is 26.8 Å². The number of nitrogens with one attached hydrogen (secondary N) is 1. The quantitative estimate of drug-likeness (QED) is 0.900. The zero-order valence-electron chi connectivity index (χ0n) is 13.6.